The average Bonchev–Trinajstić information content (AvgIpc) is 3.35. The molecule has 5 rings (SSSR count). The zero-order chi connectivity index (χ0) is 19.6. The van der Waals surface area contributed by atoms with Crippen molar-refractivity contribution in [2.45, 2.75) is 0 Å². The van der Waals surface area contributed by atoms with E-state index in [1.54, 1.807) is 0 Å². The molecule has 5 heteroatoms. The van der Waals surface area contributed by atoms with Gasteiger partial charge in [0.15, 0.2) is 5.17 Å². The Morgan fingerprint density at radius 3 is 2.52 bits per heavy atom. The maximum absolute atomic E-state index is 12.4. The van der Waals surface area contributed by atoms with Gasteiger partial charge in [0, 0.05) is 17.6 Å². The van der Waals surface area contributed by atoms with Crippen molar-refractivity contribution in [2.75, 3.05) is 0 Å². The summed E-state index contributed by atoms with van der Waals surface area (Å²) < 4.78 is 2.08. The highest BCUT2D eigenvalue weighted by molar-refractivity contribution is 8.18. The summed E-state index contributed by atoms with van der Waals surface area (Å²) in [5.74, 6) is -0.129. The zero-order valence-electron chi connectivity index (χ0n) is 15.4. The molecule has 4 nitrogen and oxygen atoms in total. The molecule has 0 aliphatic carbocycles. The van der Waals surface area contributed by atoms with Gasteiger partial charge in [0.05, 0.1) is 10.6 Å². The molecule has 1 aliphatic rings. The summed E-state index contributed by atoms with van der Waals surface area (Å²) in [6.07, 6.45) is 3.91. The van der Waals surface area contributed by atoms with Gasteiger partial charge in [0.2, 0.25) is 0 Å². The zero-order valence-corrected chi connectivity index (χ0v) is 16.3. The lowest BCUT2D eigenvalue weighted by molar-refractivity contribution is -0.115. The number of thioether (sulfide) groups is 1. The van der Waals surface area contributed by atoms with Crippen LogP contribution in [0.1, 0.15) is 5.69 Å². The summed E-state index contributed by atoms with van der Waals surface area (Å²) in [6.45, 7) is 0. The first-order valence-electron chi connectivity index (χ1n) is 9.27. The van der Waals surface area contributed by atoms with Crippen molar-refractivity contribution < 1.29 is 4.79 Å². The van der Waals surface area contributed by atoms with Crippen LogP contribution in [0.2, 0.25) is 0 Å². The molecule has 1 saturated heterocycles. The predicted molar refractivity (Wildman–Crippen MR) is 121 cm³/mol. The van der Waals surface area contributed by atoms with Crippen molar-refractivity contribution in [2.24, 2.45) is 4.99 Å². The van der Waals surface area contributed by atoms with Crippen LogP contribution in [-0.4, -0.2) is 15.6 Å². The Kier molecular flexibility index (Phi) is 4.50. The molecule has 2 heterocycles. The Morgan fingerprint density at radius 1 is 0.862 bits per heavy atom. The third-order valence-corrected chi connectivity index (χ3v) is 5.62. The van der Waals surface area contributed by atoms with Gasteiger partial charge in [-0.25, -0.2) is 4.99 Å². The van der Waals surface area contributed by atoms with Gasteiger partial charge in [-0.3, -0.25) is 4.79 Å². The van der Waals surface area contributed by atoms with E-state index in [0.29, 0.717) is 10.1 Å². The lowest BCUT2D eigenvalue weighted by Crippen LogP contribution is -2.19. The van der Waals surface area contributed by atoms with Crippen LogP contribution in [-0.2, 0) is 4.79 Å². The van der Waals surface area contributed by atoms with E-state index >= 15 is 0 Å². The molecule has 1 N–H and O–H groups in total. The molecule has 29 heavy (non-hydrogen) atoms. The molecule has 0 unspecified atom stereocenters. The fourth-order valence-corrected chi connectivity index (χ4v) is 4.13. The minimum Gasteiger partial charge on any atom is -0.317 e. The van der Waals surface area contributed by atoms with E-state index < -0.39 is 0 Å². The van der Waals surface area contributed by atoms with Gasteiger partial charge < -0.3 is 9.88 Å². The summed E-state index contributed by atoms with van der Waals surface area (Å²) in [7, 11) is 0. The molecule has 1 amide bonds. The molecule has 4 aromatic rings. The topological polar surface area (TPSA) is 46.4 Å². The number of carbonyl (C=O) groups excluding carboxylic acids is 1. The number of benzene rings is 3. The van der Waals surface area contributed by atoms with Gasteiger partial charge in [-0.2, -0.15) is 0 Å². The molecule has 0 saturated carbocycles. The number of carbonyl (C=O) groups is 1. The molecule has 0 atom stereocenters. The highest BCUT2D eigenvalue weighted by Gasteiger charge is 2.24. The average molecular weight is 395 g/mol. The van der Waals surface area contributed by atoms with Gasteiger partial charge in [-0.15, -0.1) is 0 Å². The van der Waals surface area contributed by atoms with E-state index in [4.69, 9.17) is 0 Å². The molecular weight excluding hydrogens is 378 g/mol. The van der Waals surface area contributed by atoms with Crippen molar-refractivity contribution in [3.8, 4) is 5.69 Å². The first-order valence-corrected chi connectivity index (χ1v) is 10.1. The monoisotopic (exact) mass is 395 g/mol. The highest BCUT2D eigenvalue weighted by Crippen LogP contribution is 2.29. The minimum absolute atomic E-state index is 0.129. The maximum atomic E-state index is 12.4. The van der Waals surface area contributed by atoms with Crippen LogP contribution in [0.5, 0.6) is 0 Å². The maximum Gasteiger partial charge on any atom is 0.264 e. The van der Waals surface area contributed by atoms with Crippen LogP contribution < -0.4 is 5.32 Å². The van der Waals surface area contributed by atoms with Crippen LogP contribution in [0.3, 0.4) is 0 Å². The SMILES string of the molecule is O=C1NC(=Nc2ccccc2)S/C1=C\c1cccn1-c1ccc2ccccc2c1. The number of rotatable bonds is 3. The molecule has 0 radical (unpaired) electrons. The standard InChI is InChI=1S/C24H17N3OS/c28-23-22(29-24(26-23)25-19-9-2-1-3-10-19)16-20-11-6-14-27(20)21-13-12-17-7-4-5-8-18(17)15-21/h1-16H,(H,25,26,28)/b22-16-. The number of fused-ring (bicyclic) bond motifs is 1. The fourth-order valence-electron chi connectivity index (χ4n) is 3.31. The summed E-state index contributed by atoms with van der Waals surface area (Å²) in [5.41, 5.74) is 2.82. The number of amidine groups is 1. The smallest absolute Gasteiger partial charge is 0.264 e. The lowest BCUT2D eigenvalue weighted by Gasteiger charge is -2.08. The Balaban J connectivity index is 1.47. The second-order valence-corrected chi connectivity index (χ2v) is 7.68. The van der Waals surface area contributed by atoms with Crippen molar-refractivity contribution >= 4 is 45.4 Å². The van der Waals surface area contributed by atoms with E-state index in [2.05, 4.69) is 45.2 Å². The number of hydrogen-bond acceptors (Lipinski definition) is 3. The highest BCUT2D eigenvalue weighted by atomic mass is 32.2. The van der Waals surface area contributed by atoms with E-state index in [-0.39, 0.29) is 5.91 Å². The molecule has 3 aromatic carbocycles. The van der Waals surface area contributed by atoms with Gasteiger partial charge in [-0.1, -0.05) is 48.5 Å². The van der Waals surface area contributed by atoms with Gasteiger partial charge in [-0.05, 0) is 65.0 Å². The first-order chi connectivity index (χ1) is 14.3. The lowest BCUT2D eigenvalue weighted by atomic mass is 10.1. The summed E-state index contributed by atoms with van der Waals surface area (Å²) >= 11 is 1.36. The Labute approximate surface area is 172 Å². The van der Waals surface area contributed by atoms with Gasteiger partial charge in [0.25, 0.3) is 5.91 Å². The second kappa shape index (κ2) is 7.45. The van der Waals surface area contributed by atoms with Crippen LogP contribution in [0.25, 0.3) is 22.5 Å². The van der Waals surface area contributed by atoms with Crippen LogP contribution in [0.15, 0.2) is 101 Å². The predicted octanol–water partition coefficient (Wildman–Crippen LogP) is 5.52. The number of hydrogen-bond donors (Lipinski definition) is 1. The summed E-state index contributed by atoms with van der Waals surface area (Å²) in [5, 5.41) is 5.83. The van der Waals surface area contributed by atoms with Crippen molar-refractivity contribution in [1.29, 1.82) is 0 Å². The molecular formula is C24H17N3OS. The van der Waals surface area contributed by atoms with E-state index in [1.165, 1.54) is 22.5 Å². The third-order valence-electron chi connectivity index (χ3n) is 4.71. The van der Waals surface area contributed by atoms with Crippen LogP contribution >= 0.6 is 11.8 Å². The Hall–Kier alpha value is -3.57. The van der Waals surface area contributed by atoms with Gasteiger partial charge in [0.1, 0.15) is 0 Å². The molecule has 1 aromatic heterocycles. The van der Waals surface area contributed by atoms with E-state index in [9.17, 15) is 4.79 Å². The fraction of sp³-hybridized carbons (Fsp3) is 0. The molecule has 140 valence electrons. The van der Waals surface area contributed by atoms with Crippen molar-refractivity contribution in [3.05, 3.63) is 102 Å². The number of nitrogens with one attached hydrogen (secondary N) is 1. The molecule has 0 bridgehead atoms. The van der Waals surface area contributed by atoms with Gasteiger partial charge >= 0.3 is 0 Å². The minimum atomic E-state index is -0.129. The number of amides is 1. The second-order valence-electron chi connectivity index (χ2n) is 6.65. The first kappa shape index (κ1) is 17.5. The summed E-state index contributed by atoms with van der Waals surface area (Å²) in [6, 6.07) is 28.2. The third kappa shape index (κ3) is 3.60. The Morgan fingerprint density at radius 2 is 1.66 bits per heavy atom. The quantitative estimate of drug-likeness (QED) is 0.464. The van der Waals surface area contributed by atoms with E-state index in [1.807, 2.05) is 66.9 Å². The van der Waals surface area contributed by atoms with Crippen molar-refractivity contribution in [3.63, 3.8) is 0 Å². The van der Waals surface area contributed by atoms with Crippen LogP contribution in [0.4, 0.5) is 5.69 Å². The molecule has 1 fully saturated rings. The molecule has 1 aliphatic heterocycles. The number of aliphatic imine (C=N–C) groups is 1. The number of nitrogens with zero attached hydrogens (tertiary/aromatic N) is 2. The largest absolute Gasteiger partial charge is 0.317 e. The number of para-hydroxylation sites is 1. The summed E-state index contributed by atoms with van der Waals surface area (Å²) in [4.78, 5) is 17.6. The van der Waals surface area contributed by atoms with Crippen molar-refractivity contribution in [1.82, 2.24) is 9.88 Å². The normalized spacial score (nSPS) is 16.6. The van der Waals surface area contributed by atoms with Crippen LogP contribution in [0, 0.1) is 0 Å². The van der Waals surface area contributed by atoms with E-state index in [0.717, 1.165) is 17.1 Å². The molecule has 0 spiro atoms. The Bertz CT molecular complexity index is 1270. The number of aromatic nitrogens is 1.